The van der Waals surface area contributed by atoms with Crippen LogP contribution in [-0.2, 0) is 11.2 Å². The normalized spacial score (nSPS) is 9.17. The van der Waals surface area contributed by atoms with Gasteiger partial charge in [0, 0.05) is 12.7 Å². The van der Waals surface area contributed by atoms with Crippen LogP contribution >= 0.6 is 0 Å². The van der Waals surface area contributed by atoms with Crippen molar-refractivity contribution >= 4 is 11.6 Å². The average molecular weight is 320 g/mol. The fraction of sp³-hybridized carbons (Fsp3) is 0.619. The van der Waals surface area contributed by atoms with Gasteiger partial charge in [-0.05, 0) is 48.9 Å². The third-order valence-corrected chi connectivity index (χ3v) is 3.50. The fourth-order valence-electron chi connectivity index (χ4n) is 2.52. The van der Waals surface area contributed by atoms with Gasteiger partial charge < -0.3 is 4.90 Å². The van der Waals surface area contributed by atoms with Crippen LogP contribution in [0.3, 0.4) is 0 Å². The van der Waals surface area contributed by atoms with Crippen LogP contribution in [0.1, 0.15) is 84.4 Å². The third kappa shape index (κ3) is 7.05. The highest BCUT2D eigenvalue weighted by Gasteiger charge is 2.16. The topological polar surface area (TPSA) is 20.3 Å². The van der Waals surface area contributed by atoms with Crippen LogP contribution in [0.2, 0.25) is 0 Å². The lowest BCUT2D eigenvalue weighted by molar-refractivity contribution is 0.566. The highest BCUT2D eigenvalue weighted by molar-refractivity contribution is 5.68. The van der Waals surface area contributed by atoms with Gasteiger partial charge in [-0.1, -0.05) is 61.0 Å². The molecule has 0 bridgehead atoms. The summed E-state index contributed by atoms with van der Waals surface area (Å²) in [4.78, 5) is 12.8. The lowest BCUT2D eigenvalue weighted by Crippen LogP contribution is -2.18. The van der Waals surface area contributed by atoms with E-state index in [1.807, 2.05) is 45.6 Å². The van der Waals surface area contributed by atoms with Crippen molar-refractivity contribution in [1.29, 1.82) is 0 Å². The zero-order valence-corrected chi connectivity index (χ0v) is 17.0. The van der Waals surface area contributed by atoms with E-state index in [1.54, 1.807) is 6.92 Å². The number of rotatable bonds is 5. The second-order valence-corrected chi connectivity index (χ2v) is 5.51. The van der Waals surface area contributed by atoms with Crippen LogP contribution in [0.25, 0.3) is 0 Å². The highest BCUT2D eigenvalue weighted by atomic mass is 16.1. The van der Waals surface area contributed by atoms with Gasteiger partial charge in [-0.15, -0.1) is 0 Å². The standard InChI is InChI=1S/C17H25NO.2C2H6/c1-7-8-15-9-13(4)10-16(17(15)12(2)3)18(6)14(5)11-19;2*1-2/h9-10,12H,7-8H2,1-6H3;2*1-2H3. The van der Waals surface area contributed by atoms with E-state index in [-0.39, 0.29) is 0 Å². The summed E-state index contributed by atoms with van der Waals surface area (Å²) in [6, 6.07) is 4.44. The Kier molecular flexibility index (Phi) is 13.4. The first-order valence-electron chi connectivity index (χ1n) is 9.01. The Labute approximate surface area is 144 Å². The van der Waals surface area contributed by atoms with Gasteiger partial charge >= 0.3 is 0 Å². The summed E-state index contributed by atoms with van der Waals surface area (Å²) in [7, 11) is 1.94. The molecule has 0 heterocycles. The summed E-state index contributed by atoms with van der Waals surface area (Å²) in [6.07, 6.45) is 2.22. The minimum absolute atomic E-state index is 0.444. The molecule has 1 aromatic rings. The van der Waals surface area contributed by atoms with Gasteiger partial charge in [0.25, 0.3) is 0 Å². The maximum Gasteiger partial charge on any atom is 0.145 e. The van der Waals surface area contributed by atoms with Crippen LogP contribution in [0, 0.1) is 6.92 Å². The summed E-state index contributed by atoms with van der Waals surface area (Å²) in [5.74, 6) is 2.44. The van der Waals surface area contributed by atoms with Crippen molar-refractivity contribution in [3.8, 4) is 0 Å². The van der Waals surface area contributed by atoms with E-state index in [1.165, 1.54) is 16.7 Å². The van der Waals surface area contributed by atoms with E-state index in [0.717, 1.165) is 18.5 Å². The van der Waals surface area contributed by atoms with E-state index in [4.69, 9.17) is 0 Å². The summed E-state index contributed by atoms with van der Waals surface area (Å²) in [5.41, 5.74) is 5.75. The fourth-order valence-corrected chi connectivity index (χ4v) is 2.52. The van der Waals surface area contributed by atoms with Crippen LogP contribution in [0.5, 0.6) is 0 Å². The van der Waals surface area contributed by atoms with Gasteiger partial charge in [0.05, 0.1) is 5.70 Å². The van der Waals surface area contributed by atoms with Crippen molar-refractivity contribution in [1.82, 2.24) is 0 Å². The van der Waals surface area contributed by atoms with Crippen molar-refractivity contribution < 1.29 is 4.79 Å². The molecule has 0 N–H and O–H groups in total. The number of nitrogens with zero attached hydrogens (tertiary/aromatic N) is 1. The zero-order valence-electron chi connectivity index (χ0n) is 17.0. The molecule has 132 valence electrons. The molecular formula is C21H37NO. The van der Waals surface area contributed by atoms with Crippen LogP contribution < -0.4 is 4.90 Å². The lowest BCUT2D eigenvalue weighted by Gasteiger charge is -2.26. The summed E-state index contributed by atoms with van der Waals surface area (Å²) in [6.45, 7) is 18.5. The van der Waals surface area contributed by atoms with E-state index in [0.29, 0.717) is 11.6 Å². The molecule has 0 amide bonds. The quantitative estimate of drug-likeness (QED) is 0.594. The van der Waals surface area contributed by atoms with E-state index in [9.17, 15) is 4.79 Å². The molecule has 0 spiro atoms. The van der Waals surface area contributed by atoms with Gasteiger partial charge in [-0.2, -0.15) is 0 Å². The molecule has 0 saturated heterocycles. The van der Waals surface area contributed by atoms with Gasteiger partial charge in [0.2, 0.25) is 0 Å². The predicted molar refractivity (Wildman–Crippen MR) is 105 cm³/mol. The van der Waals surface area contributed by atoms with Gasteiger partial charge in [-0.3, -0.25) is 0 Å². The molecule has 0 aliphatic carbocycles. The molecular weight excluding hydrogens is 282 g/mol. The van der Waals surface area contributed by atoms with E-state index < -0.39 is 0 Å². The Bertz CT molecular complexity index is 497. The van der Waals surface area contributed by atoms with Crippen molar-refractivity contribution in [2.45, 2.75) is 81.1 Å². The molecule has 0 fully saturated rings. The Morgan fingerprint density at radius 1 is 1.17 bits per heavy atom. The van der Waals surface area contributed by atoms with E-state index >= 15 is 0 Å². The number of hydrogen-bond acceptors (Lipinski definition) is 2. The molecule has 0 saturated carbocycles. The Morgan fingerprint density at radius 2 is 1.70 bits per heavy atom. The molecule has 0 aromatic heterocycles. The number of carbonyl (C=O) groups excluding carboxylic acids is 1. The summed E-state index contributed by atoms with van der Waals surface area (Å²) < 4.78 is 0. The first-order chi connectivity index (χ1) is 10.9. The molecule has 2 nitrogen and oxygen atoms in total. The van der Waals surface area contributed by atoms with Gasteiger partial charge in [-0.25, -0.2) is 4.79 Å². The number of benzene rings is 1. The first-order valence-corrected chi connectivity index (χ1v) is 9.01. The minimum atomic E-state index is 0.444. The molecule has 0 aliphatic heterocycles. The first kappa shape index (κ1) is 23.7. The number of allylic oxidation sites excluding steroid dienone is 1. The van der Waals surface area contributed by atoms with Crippen molar-refractivity contribution in [2.24, 2.45) is 0 Å². The number of aryl methyl sites for hydroxylation is 2. The lowest BCUT2D eigenvalue weighted by atomic mass is 9.90. The number of anilines is 1. The average Bonchev–Trinajstić information content (AvgIpc) is 2.56. The summed E-state index contributed by atoms with van der Waals surface area (Å²) >= 11 is 0. The molecule has 0 unspecified atom stereocenters. The largest absolute Gasteiger partial charge is 0.339 e. The Hall–Kier alpha value is -1.53. The smallest absolute Gasteiger partial charge is 0.145 e. The van der Waals surface area contributed by atoms with Gasteiger partial charge in [0.15, 0.2) is 0 Å². The van der Waals surface area contributed by atoms with Crippen molar-refractivity contribution in [3.05, 3.63) is 34.5 Å². The molecule has 0 aliphatic rings. The maximum absolute atomic E-state index is 10.9. The van der Waals surface area contributed by atoms with Crippen LogP contribution in [0.15, 0.2) is 17.8 Å². The second-order valence-electron chi connectivity index (χ2n) is 5.51. The zero-order chi connectivity index (χ0) is 18.6. The molecule has 2 heteroatoms. The highest BCUT2D eigenvalue weighted by Crippen LogP contribution is 2.33. The second kappa shape index (κ2) is 13.0. The number of hydrogen-bond donors (Lipinski definition) is 0. The summed E-state index contributed by atoms with van der Waals surface area (Å²) in [5, 5.41) is 0. The SMILES string of the molecule is CC.CC.CCCc1cc(C)cc(N(C)C(C)=C=O)c1C(C)C. The third-order valence-electron chi connectivity index (χ3n) is 3.50. The van der Waals surface area contributed by atoms with Crippen LogP contribution in [0.4, 0.5) is 5.69 Å². The van der Waals surface area contributed by atoms with Crippen molar-refractivity contribution in [3.63, 3.8) is 0 Å². The van der Waals surface area contributed by atoms with Gasteiger partial charge in [0.1, 0.15) is 5.94 Å². The predicted octanol–water partition coefficient (Wildman–Crippen LogP) is 6.29. The molecule has 1 aromatic carbocycles. The van der Waals surface area contributed by atoms with Crippen molar-refractivity contribution in [2.75, 3.05) is 11.9 Å². The molecule has 0 atom stereocenters. The molecule has 23 heavy (non-hydrogen) atoms. The van der Waals surface area contributed by atoms with Crippen LogP contribution in [-0.4, -0.2) is 13.0 Å². The minimum Gasteiger partial charge on any atom is -0.339 e. The van der Waals surface area contributed by atoms with E-state index in [2.05, 4.69) is 39.8 Å². The Balaban J connectivity index is 0. The molecule has 0 radical (unpaired) electrons. The maximum atomic E-state index is 10.9. The molecule has 1 rings (SSSR count). The Morgan fingerprint density at radius 3 is 2.09 bits per heavy atom. The monoisotopic (exact) mass is 319 g/mol.